The van der Waals surface area contributed by atoms with E-state index >= 15 is 0 Å². The Bertz CT molecular complexity index is 664. The number of benzene rings is 2. The van der Waals surface area contributed by atoms with Crippen LogP contribution < -0.4 is 4.74 Å². The van der Waals surface area contributed by atoms with Gasteiger partial charge in [0, 0.05) is 15.6 Å². The Kier molecular flexibility index (Phi) is 4.86. The van der Waals surface area contributed by atoms with Crippen LogP contribution in [0, 0.1) is 10.1 Å². The molecular formula is C13H8BrCl2NO3. The summed E-state index contributed by atoms with van der Waals surface area (Å²) in [6, 6.07) is 9.47. The zero-order valence-corrected chi connectivity index (χ0v) is 13.1. The van der Waals surface area contributed by atoms with Gasteiger partial charge in [-0.2, -0.15) is 0 Å². The molecule has 0 bridgehead atoms. The van der Waals surface area contributed by atoms with Crippen LogP contribution in [-0.2, 0) is 6.61 Å². The van der Waals surface area contributed by atoms with Crippen molar-refractivity contribution in [1.82, 2.24) is 0 Å². The summed E-state index contributed by atoms with van der Waals surface area (Å²) in [7, 11) is 0. The Morgan fingerprint density at radius 2 is 1.95 bits per heavy atom. The standard InChI is InChI=1S/C13H8BrCl2NO3/c14-9-1-3-11(16)13(6-9)20-7-8-5-10(15)2-4-12(8)17(18)19/h1-6H,7H2. The second kappa shape index (κ2) is 6.43. The average Bonchev–Trinajstić information content (AvgIpc) is 2.39. The van der Waals surface area contributed by atoms with Gasteiger partial charge in [-0.25, -0.2) is 0 Å². The van der Waals surface area contributed by atoms with E-state index in [1.165, 1.54) is 18.2 Å². The smallest absolute Gasteiger partial charge is 0.276 e. The Morgan fingerprint density at radius 3 is 2.65 bits per heavy atom. The van der Waals surface area contributed by atoms with Crippen molar-refractivity contribution >= 4 is 44.8 Å². The highest BCUT2D eigenvalue weighted by atomic mass is 79.9. The summed E-state index contributed by atoms with van der Waals surface area (Å²) in [6.07, 6.45) is 0. The molecule has 0 aliphatic heterocycles. The molecule has 0 aliphatic rings. The number of halogens is 3. The van der Waals surface area contributed by atoms with E-state index in [1.807, 2.05) is 0 Å². The van der Waals surface area contributed by atoms with Crippen molar-refractivity contribution in [3.05, 3.63) is 66.6 Å². The van der Waals surface area contributed by atoms with Gasteiger partial charge in [0.25, 0.3) is 5.69 Å². The zero-order chi connectivity index (χ0) is 14.7. The molecule has 0 fully saturated rings. The summed E-state index contributed by atoms with van der Waals surface area (Å²) in [5.41, 5.74) is 0.346. The molecule has 2 rings (SSSR count). The third-order valence-electron chi connectivity index (χ3n) is 2.51. The Labute approximate surface area is 133 Å². The predicted octanol–water partition coefficient (Wildman–Crippen LogP) is 5.24. The molecule has 7 heteroatoms. The van der Waals surface area contributed by atoms with Crippen LogP contribution >= 0.6 is 39.1 Å². The van der Waals surface area contributed by atoms with Crippen LogP contribution in [0.2, 0.25) is 10.0 Å². The summed E-state index contributed by atoms with van der Waals surface area (Å²) in [4.78, 5) is 10.5. The topological polar surface area (TPSA) is 52.4 Å². The fourth-order valence-electron chi connectivity index (χ4n) is 1.59. The van der Waals surface area contributed by atoms with E-state index in [1.54, 1.807) is 18.2 Å². The molecular weight excluding hydrogens is 369 g/mol. The minimum Gasteiger partial charge on any atom is -0.487 e. The highest BCUT2D eigenvalue weighted by Crippen LogP contribution is 2.30. The number of hydrogen-bond acceptors (Lipinski definition) is 3. The molecule has 0 N–H and O–H groups in total. The van der Waals surface area contributed by atoms with Crippen LogP contribution in [-0.4, -0.2) is 4.92 Å². The molecule has 20 heavy (non-hydrogen) atoms. The van der Waals surface area contributed by atoms with Gasteiger partial charge in [-0.15, -0.1) is 0 Å². The van der Waals surface area contributed by atoms with Crippen LogP contribution in [0.15, 0.2) is 40.9 Å². The molecule has 0 heterocycles. The normalized spacial score (nSPS) is 10.3. The van der Waals surface area contributed by atoms with Gasteiger partial charge in [0.15, 0.2) is 0 Å². The van der Waals surface area contributed by atoms with Gasteiger partial charge in [-0.1, -0.05) is 39.1 Å². The van der Waals surface area contributed by atoms with Crippen molar-refractivity contribution in [3.63, 3.8) is 0 Å². The first-order valence-corrected chi connectivity index (χ1v) is 7.03. The number of hydrogen-bond donors (Lipinski definition) is 0. The van der Waals surface area contributed by atoms with Crippen molar-refractivity contribution in [3.8, 4) is 5.75 Å². The van der Waals surface area contributed by atoms with E-state index in [-0.39, 0.29) is 12.3 Å². The Balaban J connectivity index is 2.24. The summed E-state index contributed by atoms with van der Waals surface area (Å²) >= 11 is 15.1. The van der Waals surface area contributed by atoms with E-state index in [2.05, 4.69) is 15.9 Å². The SMILES string of the molecule is O=[N+]([O-])c1ccc(Cl)cc1COc1cc(Br)ccc1Cl. The van der Waals surface area contributed by atoms with Gasteiger partial charge >= 0.3 is 0 Å². The van der Waals surface area contributed by atoms with Crippen molar-refractivity contribution in [2.24, 2.45) is 0 Å². The van der Waals surface area contributed by atoms with Crippen molar-refractivity contribution in [2.45, 2.75) is 6.61 Å². The molecule has 104 valence electrons. The van der Waals surface area contributed by atoms with Crippen LogP contribution in [0.4, 0.5) is 5.69 Å². The fourth-order valence-corrected chi connectivity index (χ4v) is 2.30. The summed E-state index contributed by atoms with van der Waals surface area (Å²) in [6.45, 7) is 0.00699. The zero-order valence-electron chi connectivity index (χ0n) is 9.98. The van der Waals surface area contributed by atoms with E-state index < -0.39 is 4.92 Å². The second-order valence-electron chi connectivity index (χ2n) is 3.89. The first kappa shape index (κ1) is 15.1. The van der Waals surface area contributed by atoms with Crippen LogP contribution in [0.25, 0.3) is 0 Å². The first-order valence-electron chi connectivity index (χ1n) is 5.48. The molecule has 2 aromatic carbocycles. The summed E-state index contributed by atoms with van der Waals surface area (Å²) in [5, 5.41) is 11.8. The lowest BCUT2D eigenvalue weighted by atomic mass is 10.2. The lowest BCUT2D eigenvalue weighted by Crippen LogP contribution is -2.01. The van der Waals surface area contributed by atoms with E-state index in [0.717, 1.165) is 4.47 Å². The lowest BCUT2D eigenvalue weighted by Gasteiger charge is -2.09. The molecule has 0 aromatic heterocycles. The minimum absolute atomic E-state index is 0.00699. The molecule has 0 aliphatic carbocycles. The third-order valence-corrected chi connectivity index (χ3v) is 3.56. The third kappa shape index (κ3) is 3.62. The van der Waals surface area contributed by atoms with E-state index in [9.17, 15) is 10.1 Å². The average molecular weight is 377 g/mol. The van der Waals surface area contributed by atoms with E-state index in [4.69, 9.17) is 27.9 Å². The molecule has 0 saturated carbocycles. The molecule has 0 unspecified atom stereocenters. The van der Waals surface area contributed by atoms with Crippen LogP contribution in [0.5, 0.6) is 5.75 Å². The quantitative estimate of drug-likeness (QED) is 0.541. The largest absolute Gasteiger partial charge is 0.487 e. The van der Waals surface area contributed by atoms with Crippen molar-refractivity contribution in [2.75, 3.05) is 0 Å². The molecule has 4 nitrogen and oxygen atoms in total. The van der Waals surface area contributed by atoms with Gasteiger partial charge in [0.1, 0.15) is 12.4 Å². The maximum absolute atomic E-state index is 10.9. The summed E-state index contributed by atoms with van der Waals surface area (Å²) < 4.78 is 6.33. The van der Waals surface area contributed by atoms with Gasteiger partial charge in [-0.05, 0) is 30.3 Å². The van der Waals surface area contributed by atoms with Crippen LogP contribution in [0.1, 0.15) is 5.56 Å². The van der Waals surface area contributed by atoms with Crippen LogP contribution in [0.3, 0.4) is 0 Å². The monoisotopic (exact) mass is 375 g/mol. The van der Waals surface area contributed by atoms with Gasteiger partial charge < -0.3 is 4.74 Å². The maximum atomic E-state index is 10.9. The minimum atomic E-state index is -0.475. The van der Waals surface area contributed by atoms with E-state index in [0.29, 0.717) is 21.4 Å². The highest BCUT2D eigenvalue weighted by Gasteiger charge is 2.15. The Hall–Kier alpha value is -1.30. The number of rotatable bonds is 4. The number of nitro groups is 1. The molecule has 0 saturated heterocycles. The fraction of sp³-hybridized carbons (Fsp3) is 0.0769. The second-order valence-corrected chi connectivity index (χ2v) is 5.65. The Morgan fingerprint density at radius 1 is 1.20 bits per heavy atom. The first-order chi connectivity index (χ1) is 9.47. The van der Waals surface area contributed by atoms with Crippen molar-refractivity contribution < 1.29 is 9.66 Å². The maximum Gasteiger partial charge on any atom is 0.276 e. The predicted molar refractivity (Wildman–Crippen MR) is 81.6 cm³/mol. The molecule has 0 amide bonds. The van der Waals surface area contributed by atoms with Gasteiger partial charge in [0.2, 0.25) is 0 Å². The summed E-state index contributed by atoms with van der Waals surface area (Å²) in [5.74, 6) is 0.440. The lowest BCUT2D eigenvalue weighted by molar-refractivity contribution is -0.385. The molecule has 0 spiro atoms. The highest BCUT2D eigenvalue weighted by molar-refractivity contribution is 9.10. The van der Waals surface area contributed by atoms with Gasteiger partial charge in [-0.3, -0.25) is 10.1 Å². The molecule has 0 radical (unpaired) electrons. The number of nitro benzene ring substituents is 1. The molecule has 0 atom stereocenters. The number of ether oxygens (including phenoxy) is 1. The van der Waals surface area contributed by atoms with Crippen molar-refractivity contribution in [1.29, 1.82) is 0 Å². The molecule has 2 aromatic rings. The van der Waals surface area contributed by atoms with Gasteiger partial charge in [0.05, 0.1) is 15.5 Å². The number of nitrogens with zero attached hydrogens (tertiary/aromatic N) is 1.